The number of aromatic nitrogens is 1. The normalized spacial score (nSPS) is 17.9. The van der Waals surface area contributed by atoms with Gasteiger partial charge in [-0.2, -0.15) is 0 Å². The molecule has 0 radical (unpaired) electrons. The van der Waals surface area contributed by atoms with E-state index in [1.807, 2.05) is 24.3 Å². The van der Waals surface area contributed by atoms with Crippen molar-refractivity contribution in [2.45, 2.75) is 45.2 Å². The fourth-order valence-electron chi connectivity index (χ4n) is 2.97. The number of rotatable bonds is 5. The summed E-state index contributed by atoms with van der Waals surface area (Å²) in [5.41, 5.74) is 0.997. The minimum absolute atomic E-state index is 0.472. The second-order valence-electron chi connectivity index (χ2n) is 5.35. The highest BCUT2D eigenvalue weighted by Gasteiger charge is 2.26. The van der Waals surface area contributed by atoms with E-state index in [0.717, 1.165) is 23.9 Å². The molecule has 2 heterocycles. The third kappa shape index (κ3) is 3.07. The van der Waals surface area contributed by atoms with Crippen molar-refractivity contribution in [3.05, 3.63) is 39.9 Å². The van der Waals surface area contributed by atoms with Crippen LogP contribution in [0.3, 0.4) is 0 Å². The Labute approximate surface area is 118 Å². The molecule has 0 aromatic carbocycles. The number of nitrogens with zero attached hydrogens (tertiary/aromatic N) is 1. The van der Waals surface area contributed by atoms with Crippen LogP contribution in [-0.2, 0) is 6.54 Å². The Kier molecular flexibility index (Phi) is 3.99. The van der Waals surface area contributed by atoms with E-state index in [4.69, 9.17) is 4.52 Å². The van der Waals surface area contributed by atoms with Crippen molar-refractivity contribution in [3.63, 3.8) is 0 Å². The third-order valence-corrected chi connectivity index (χ3v) is 4.86. The van der Waals surface area contributed by atoms with Crippen LogP contribution in [-0.4, -0.2) is 5.16 Å². The highest BCUT2D eigenvalue weighted by Crippen LogP contribution is 2.37. The van der Waals surface area contributed by atoms with E-state index >= 15 is 0 Å². The van der Waals surface area contributed by atoms with Crippen LogP contribution in [0.25, 0.3) is 0 Å². The molecule has 0 bridgehead atoms. The summed E-state index contributed by atoms with van der Waals surface area (Å²) in [6.07, 6.45) is 5.43. The van der Waals surface area contributed by atoms with E-state index in [1.54, 1.807) is 0 Å². The Morgan fingerprint density at radius 3 is 2.95 bits per heavy atom. The summed E-state index contributed by atoms with van der Waals surface area (Å²) in [6.45, 7) is 2.72. The van der Waals surface area contributed by atoms with Gasteiger partial charge in [-0.15, -0.1) is 11.3 Å². The molecule has 1 aliphatic carbocycles. The van der Waals surface area contributed by atoms with Crippen LogP contribution in [0.2, 0.25) is 0 Å². The molecule has 4 heteroatoms. The van der Waals surface area contributed by atoms with Gasteiger partial charge in [0.05, 0.1) is 5.69 Å². The first-order valence-corrected chi connectivity index (χ1v) is 7.90. The maximum atomic E-state index is 5.13. The summed E-state index contributed by atoms with van der Waals surface area (Å²) in [7, 11) is 0. The number of thiophene rings is 1. The molecule has 3 nitrogen and oxygen atoms in total. The molecule has 1 fully saturated rings. The number of hydrogen-bond donors (Lipinski definition) is 1. The quantitative estimate of drug-likeness (QED) is 0.894. The van der Waals surface area contributed by atoms with Crippen LogP contribution >= 0.6 is 11.3 Å². The van der Waals surface area contributed by atoms with Crippen molar-refractivity contribution in [1.82, 2.24) is 10.5 Å². The highest BCUT2D eigenvalue weighted by molar-refractivity contribution is 7.10. The largest absolute Gasteiger partial charge is 0.361 e. The van der Waals surface area contributed by atoms with Gasteiger partial charge in [0.2, 0.25) is 0 Å². The average molecular weight is 276 g/mol. The van der Waals surface area contributed by atoms with Crippen molar-refractivity contribution >= 4 is 11.3 Å². The molecule has 0 amide bonds. The molecule has 2 aromatic heterocycles. The van der Waals surface area contributed by atoms with Gasteiger partial charge in [0.15, 0.2) is 0 Å². The first-order chi connectivity index (χ1) is 9.33. The molecule has 0 aliphatic heterocycles. The van der Waals surface area contributed by atoms with Crippen LogP contribution in [0.4, 0.5) is 0 Å². The van der Waals surface area contributed by atoms with Crippen LogP contribution in [0, 0.1) is 12.8 Å². The second-order valence-corrected chi connectivity index (χ2v) is 6.33. The molecular weight excluding hydrogens is 256 g/mol. The predicted octanol–water partition coefficient (Wildman–Crippen LogP) is 4.07. The Balaban J connectivity index is 1.68. The maximum absolute atomic E-state index is 5.13. The lowest BCUT2D eigenvalue weighted by Gasteiger charge is -2.23. The fraction of sp³-hybridized carbons (Fsp3) is 0.533. The summed E-state index contributed by atoms with van der Waals surface area (Å²) in [4.78, 5) is 1.45. The van der Waals surface area contributed by atoms with Crippen molar-refractivity contribution < 1.29 is 4.52 Å². The van der Waals surface area contributed by atoms with Gasteiger partial charge in [0.1, 0.15) is 5.76 Å². The van der Waals surface area contributed by atoms with Crippen LogP contribution < -0.4 is 5.32 Å². The molecule has 19 heavy (non-hydrogen) atoms. The minimum atomic E-state index is 0.472. The number of hydrogen-bond acceptors (Lipinski definition) is 4. The first kappa shape index (κ1) is 12.9. The molecule has 1 N–H and O–H groups in total. The number of aryl methyl sites for hydroxylation is 1. The highest BCUT2D eigenvalue weighted by atomic mass is 32.1. The van der Waals surface area contributed by atoms with Gasteiger partial charge in [-0.3, -0.25) is 0 Å². The van der Waals surface area contributed by atoms with Crippen molar-refractivity contribution in [3.8, 4) is 0 Å². The van der Waals surface area contributed by atoms with Crippen LogP contribution in [0.1, 0.15) is 48.1 Å². The second kappa shape index (κ2) is 5.88. The molecule has 1 unspecified atom stereocenters. The fourth-order valence-corrected chi connectivity index (χ4v) is 3.87. The van der Waals surface area contributed by atoms with E-state index in [0.29, 0.717) is 6.04 Å². The Morgan fingerprint density at radius 2 is 2.32 bits per heavy atom. The zero-order valence-electron chi connectivity index (χ0n) is 11.3. The van der Waals surface area contributed by atoms with Gasteiger partial charge in [-0.25, -0.2) is 0 Å². The summed E-state index contributed by atoms with van der Waals surface area (Å²) in [5, 5.41) is 9.91. The summed E-state index contributed by atoms with van der Waals surface area (Å²) in [6, 6.07) is 6.87. The average Bonchev–Trinajstić information content (AvgIpc) is 3.11. The smallest absolute Gasteiger partial charge is 0.133 e. The lowest BCUT2D eigenvalue weighted by Crippen LogP contribution is -2.26. The van der Waals surface area contributed by atoms with Crippen molar-refractivity contribution in [2.24, 2.45) is 5.92 Å². The standard InChI is InChI=1S/C15H20N2OS/c1-11-9-13(17-18-11)10-16-15(12-5-2-3-6-12)14-7-4-8-19-14/h4,7-9,12,15-16H,2-3,5-6,10H2,1H3. The SMILES string of the molecule is Cc1cc(CNC(c2cccs2)C2CCCC2)no1. The maximum Gasteiger partial charge on any atom is 0.133 e. The van der Waals surface area contributed by atoms with Gasteiger partial charge >= 0.3 is 0 Å². The van der Waals surface area contributed by atoms with E-state index in [-0.39, 0.29) is 0 Å². The Bertz CT molecular complexity index is 500. The lowest BCUT2D eigenvalue weighted by molar-refractivity contribution is 0.356. The summed E-state index contributed by atoms with van der Waals surface area (Å²) >= 11 is 1.85. The zero-order chi connectivity index (χ0) is 13.1. The Morgan fingerprint density at radius 1 is 1.47 bits per heavy atom. The molecule has 1 saturated carbocycles. The van der Waals surface area contributed by atoms with E-state index in [9.17, 15) is 0 Å². The number of nitrogens with one attached hydrogen (secondary N) is 1. The van der Waals surface area contributed by atoms with Gasteiger partial charge in [0, 0.05) is 23.5 Å². The zero-order valence-corrected chi connectivity index (χ0v) is 12.1. The Hall–Kier alpha value is -1.13. The molecule has 0 saturated heterocycles. The van der Waals surface area contributed by atoms with E-state index < -0.39 is 0 Å². The van der Waals surface area contributed by atoms with E-state index in [1.165, 1.54) is 30.6 Å². The molecule has 0 spiro atoms. The topological polar surface area (TPSA) is 38.1 Å². The third-order valence-electron chi connectivity index (χ3n) is 3.90. The molecule has 1 aliphatic rings. The van der Waals surface area contributed by atoms with Gasteiger partial charge < -0.3 is 9.84 Å². The van der Waals surface area contributed by atoms with Gasteiger partial charge in [-0.1, -0.05) is 24.1 Å². The molecular formula is C15H20N2OS. The summed E-state index contributed by atoms with van der Waals surface area (Å²) < 4.78 is 5.13. The molecule has 2 aromatic rings. The minimum Gasteiger partial charge on any atom is -0.361 e. The molecule has 102 valence electrons. The molecule has 3 rings (SSSR count). The lowest BCUT2D eigenvalue weighted by atomic mass is 9.96. The molecule has 1 atom stereocenters. The van der Waals surface area contributed by atoms with Crippen LogP contribution in [0.15, 0.2) is 28.1 Å². The van der Waals surface area contributed by atoms with E-state index in [2.05, 4.69) is 28.0 Å². The van der Waals surface area contributed by atoms with Gasteiger partial charge in [-0.05, 0) is 37.1 Å². The predicted molar refractivity (Wildman–Crippen MR) is 77.1 cm³/mol. The van der Waals surface area contributed by atoms with Crippen molar-refractivity contribution in [1.29, 1.82) is 0 Å². The summed E-state index contributed by atoms with van der Waals surface area (Å²) in [5.74, 6) is 1.65. The monoisotopic (exact) mass is 276 g/mol. The van der Waals surface area contributed by atoms with Gasteiger partial charge in [0.25, 0.3) is 0 Å². The van der Waals surface area contributed by atoms with Crippen LogP contribution in [0.5, 0.6) is 0 Å². The first-order valence-electron chi connectivity index (χ1n) is 7.02. The van der Waals surface area contributed by atoms with Crippen molar-refractivity contribution in [2.75, 3.05) is 0 Å².